The third kappa shape index (κ3) is 1.36. The van der Waals surface area contributed by atoms with Crippen LogP contribution in [0.3, 0.4) is 0 Å². The molecule has 2 heteroatoms. The van der Waals surface area contributed by atoms with E-state index in [1.165, 1.54) is 0 Å². The van der Waals surface area contributed by atoms with Crippen molar-refractivity contribution < 1.29 is 4.79 Å². The van der Waals surface area contributed by atoms with Crippen LogP contribution in [-0.4, -0.2) is 5.78 Å². The molecule has 82 valence electrons. The van der Waals surface area contributed by atoms with Gasteiger partial charge in [0.05, 0.1) is 11.5 Å². The molecule has 2 rings (SSSR count). The average molecular weight is 213 g/mol. The number of hydrogen-bond donors (Lipinski definition) is 0. The highest BCUT2D eigenvalue weighted by atomic mass is 16.1. The highest BCUT2D eigenvalue weighted by Gasteiger charge is 2.55. The molecule has 0 unspecified atom stereocenters. The van der Waals surface area contributed by atoms with Crippen LogP contribution in [0.1, 0.15) is 32.3 Å². The van der Waals surface area contributed by atoms with E-state index in [1.54, 1.807) is 0 Å². The van der Waals surface area contributed by atoms with Crippen molar-refractivity contribution in [2.24, 2.45) is 5.41 Å². The Balaban J connectivity index is 2.40. The molecule has 1 saturated carbocycles. The lowest BCUT2D eigenvalue weighted by Crippen LogP contribution is -2.50. The summed E-state index contributed by atoms with van der Waals surface area (Å²) in [5.74, 6) is 0.200. The Labute approximate surface area is 95.9 Å². The average Bonchev–Trinajstić information content (AvgIpc) is 2.25. The van der Waals surface area contributed by atoms with Gasteiger partial charge in [-0.3, -0.25) is 4.79 Å². The monoisotopic (exact) mass is 213 g/mol. The molecule has 0 heterocycles. The van der Waals surface area contributed by atoms with E-state index >= 15 is 0 Å². The fraction of sp³-hybridized carbons (Fsp3) is 0.429. The summed E-state index contributed by atoms with van der Waals surface area (Å²) in [6.07, 6.45) is 0.788. The Bertz CT molecular complexity index is 445. The second-order valence-electron chi connectivity index (χ2n) is 5.08. The van der Waals surface area contributed by atoms with Crippen molar-refractivity contribution in [3.63, 3.8) is 0 Å². The van der Waals surface area contributed by atoms with Gasteiger partial charge in [0.25, 0.3) is 0 Å². The first-order chi connectivity index (χ1) is 7.52. The molecule has 0 amide bonds. The number of rotatable bonds is 2. The van der Waals surface area contributed by atoms with Crippen LogP contribution in [0.4, 0.5) is 0 Å². The molecule has 1 fully saturated rings. The molecule has 0 aliphatic heterocycles. The number of benzene rings is 1. The van der Waals surface area contributed by atoms with Crippen LogP contribution in [-0.2, 0) is 10.2 Å². The third-order valence-corrected chi connectivity index (χ3v) is 3.90. The third-order valence-electron chi connectivity index (χ3n) is 3.90. The zero-order valence-electron chi connectivity index (χ0n) is 9.66. The summed E-state index contributed by atoms with van der Waals surface area (Å²) in [5, 5.41) is 9.35. The van der Waals surface area contributed by atoms with E-state index in [2.05, 4.69) is 19.9 Å². The van der Waals surface area contributed by atoms with Crippen LogP contribution < -0.4 is 0 Å². The minimum absolute atomic E-state index is 0.200. The molecule has 1 aromatic rings. The summed E-state index contributed by atoms with van der Waals surface area (Å²) in [5.41, 5.74) is 0.353. The lowest BCUT2D eigenvalue weighted by atomic mass is 9.52. The molecule has 0 saturated heterocycles. The topological polar surface area (TPSA) is 40.9 Å². The van der Waals surface area contributed by atoms with Crippen molar-refractivity contribution in [1.29, 1.82) is 5.26 Å². The van der Waals surface area contributed by atoms with E-state index < -0.39 is 5.41 Å². The second kappa shape index (κ2) is 3.45. The van der Waals surface area contributed by atoms with Gasteiger partial charge in [0.15, 0.2) is 0 Å². The first-order valence-corrected chi connectivity index (χ1v) is 5.50. The number of carbonyl (C=O) groups excluding carboxylic acids is 1. The van der Waals surface area contributed by atoms with Crippen molar-refractivity contribution >= 4 is 5.78 Å². The summed E-state index contributed by atoms with van der Waals surface area (Å²) in [7, 11) is 0. The first kappa shape index (κ1) is 10.9. The summed E-state index contributed by atoms with van der Waals surface area (Å²) in [6.45, 7) is 4.11. The van der Waals surface area contributed by atoms with Crippen molar-refractivity contribution in [3.05, 3.63) is 35.9 Å². The van der Waals surface area contributed by atoms with Crippen LogP contribution in [0.5, 0.6) is 0 Å². The van der Waals surface area contributed by atoms with Gasteiger partial charge in [-0.25, -0.2) is 0 Å². The molecule has 0 spiro atoms. The number of hydrogen-bond acceptors (Lipinski definition) is 2. The molecular weight excluding hydrogens is 198 g/mol. The number of nitrogens with zero attached hydrogens (tertiary/aromatic N) is 1. The molecule has 1 aliphatic rings. The molecule has 0 atom stereocenters. The van der Waals surface area contributed by atoms with Crippen LogP contribution in [0, 0.1) is 16.7 Å². The van der Waals surface area contributed by atoms with Gasteiger partial charge in [0, 0.05) is 18.3 Å². The molecule has 1 aliphatic carbocycles. The zero-order chi connectivity index (χ0) is 11.8. The maximum absolute atomic E-state index is 11.2. The molecule has 0 bridgehead atoms. The maximum atomic E-state index is 11.2. The van der Waals surface area contributed by atoms with Crippen molar-refractivity contribution in [3.8, 4) is 6.07 Å². The predicted molar refractivity (Wildman–Crippen MR) is 61.8 cm³/mol. The lowest BCUT2D eigenvalue weighted by Gasteiger charge is -2.47. The van der Waals surface area contributed by atoms with Crippen LogP contribution in [0.25, 0.3) is 0 Å². The molecule has 1 aromatic carbocycles. The van der Waals surface area contributed by atoms with Gasteiger partial charge in [-0.2, -0.15) is 5.26 Å². The number of carbonyl (C=O) groups is 1. The van der Waals surface area contributed by atoms with E-state index in [-0.39, 0.29) is 11.2 Å². The van der Waals surface area contributed by atoms with E-state index in [0.29, 0.717) is 12.8 Å². The number of nitriles is 1. The Morgan fingerprint density at radius 2 is 1.81 bits per heavy atom. The standard InChI is InChI=1S/C14H15NO/c1-13(2,11-6-4-3-5-7-11)14(10-15)8-12(16)9-14/h3-7H,8-9H2,1-2H3. The van der Waals surface area contributed by atoms with Crippen molar-refractivity contribution in [2.45, 2.75) is 32.1 Å². The van der Waals surface area contributed by atoms with E-state index in [0.717, 1.165) is 5.56 Å². The normalized spacial score (nSPS) is 18.7. The fourth-order valence-electron chi connectivity index (χ4n) is 2.41. The smallest absolute Gasteiger partial charge is 0.136 e. The molecule has 0 aromatic heterocycles. The fourth-order valence-corrected chi connectivity index (χ4v) is 2.41. The molecule has 0 radical (unpaired) electrons. The molecule has 0 N–H and O–H groups in total. The van der Waals surface area contributed by atoms with Gasteiger partial charge in [-0.1, -0.05) is 44.2 Å². The van der Waals surface area contributed by atoms with Gasteiger partial charge in [-0.15, -0.1) is 0 Å². The second-order valence-corrected chi connectivity index (χ2v) is 5.08. The van der Waals surface area contributed by atoms with Gasteiger partial charge >= 0.3 is 0 Å². The largest absolute Gasteiger partial charge is 0.300 e. The molecule has 2 nitrogen and oxygen atoms in total. The van der Waals surface area contributed by atoms with E-state index in [1.807, 2.05) is 30.3 Å². The van der Waals surface area contributed by atoms with E-state index in [9.17, 15) is 10.1 Å². The van der Waals surface area contributed by atoms with Gasteiger partial charge in [0.1, 0.15) is 5.78 Å². The predicted octanol–water partition coefficient (Wildman–Crippen LogP) is 2.84. The van der Waals surface area contributed by atoms with Crippen LogP contribution in [0.2, 0.25) is 0 Å². The lowest BCUT2D eigenvalue weighted by molar-refractivity contribution is -0.132. The van der Waals surface area contributed by atoms with Crippen LogP contribution in [0.15, 0.2) is 30.3 Å². The van der Waals surface area contributed by atoms with Gasteiger partial charge in [0.2, 0.25) is 0 Å². The van der Waals surface area contributed by atoms with Crippen molar-refractivity contribution in [1.82, 2.24) is 0 Å². The molecular formula is C14H15NO. The summed E-state index contributed by atoms with van der Waals surface area (Å²) < 4.78 is 0. The summed E-state index contributed by atoms with van der Waals surface area (Å²) in [6, 6.07) is 12.3. The van der Waals surface area contributed by atoms with Crippen molar-refractivity contribution in [2.75, 3.05) is 0 Å². The van der Waals surface area contributed by atoms with Gasteiger partial charge in [-0.05, 0) is 5.56 Å². The minimum atomic E-state index is -0.508. The minimum Gasteiger partial charge on any atom is -0.300 e. The van der Waals surface area contributed by atoms with Gasteiger partial charge < -0.3 is 0 Å². The maximum Gasteiger partial charge on any atom is 0.136 e. The zero-order valence-corrected chi connectivity index (χ0v) is 9.66. The first-order valence-electron chi connectivity index (χ1n) is 5.50. The highest BCUT2D eigenvalue weighted by molar-refractivity contribution is 5.88. The van der Waals surface area contributed by atoms with Crippen LogP contribution >= 0.6 is 0 Å². The SMILES string of the molecule is CC(C)(c1ccccc1)C1(C#N)CC(=O)C1. The summed E-state index contributed by atoms with van der Waals surface area (Å²) >= 11 is 0. The number of ketones is 1. The number of Topliss-reactive ketones (excluding diaryl/α,β-unsaturated/α-hetero) is 1. The highest BCUT2D eigenvalue weighted by Crippen LogP contribution is 2.52. The quantitative estimate of drug-likeness (QED) is 0.758. The Hall–Kier alpha value is -1.62. The molecule has 16 heavy (non-hydrogen) atoms. The van der Waals surface area contributed by atoms with E-state index in [4.69, 9.17) is 0 Å². The summed E-state index contributed by atoms with van der Waals surface area (Å²) in [4.78, 5) is 11.2. The Kier molecular flexibility index (Phi) is 2.35. The Morgan fingerprint density at radius 1 is 1.25 bits per heavy atom. The Morgan fingerprint density at radius 3 is 2.25 bits per heavy atom.